The Hall–Kier alpha value is -0.940. The van der Waals surface area contributed by atoms with E-state index >= 15 is 0 Å². The van der Waals surface area contributed by atoms with Crippen molar-refractivity contribution < 1.29 is 4.79 Å². The first-order valence-electron chi connectivity index (χ1n) is 9.12. The number of aromatic nitrogens is 1. The molecule has 1 amide bonds. The first kappa shape index (κ1) is 16.9. The summed E-state index contributed by atoms with van der Waals surface area (Å²) in [6.45, 7) is 7.56. The van der Waals surface area contributed by atoms with Crippen molar-refractivity contribution in [1.29, 1.82) is 0 Å². The van der Waals surface area contributed by atoms with Crippen molar-refractivity contribution in [3.63, 3.8) is 0 Å². The monoisotopic (exact) mass is 335 g/mol. The van der Waals surface area contributed by atoms with Gasteiger partial charge in [-0.15, -0.1) is 11.3 Å². The molecule has 2 aliphatic heterocycles. The molecule has 2 saturated heterocycles. The number of hydrogen-bond donors (Lipinski definition) is 0. The number of rotatable bonds is 6. The lowest BCUT2D eigenvalue weighted by Gasteiger charge is -2.32. The topological polar surface area (TPSA) is 36.4 Å². The highest BCUT2D eigenvalue weighted by atomic mass is 32.1. The maximum atomic E-state index is 12.1. The van der Waals surface area contributed by atoms with Crippen LogP contribution < -0.4 is 0 Å². The summed E-state index contributed by atoms with van der Waals surface area (Å²) >= 11 is 1.75. The average molecular weight is 336 g/mol. The van der Waals surface area contributed by atoms with E-state index in [1.54, 1.807) is 11.3 Å². The Morgan fingerprint density at radius 3 is 2.65 bits per heavy atom. The van der Waals surface area contributed by atoms with Gasteiger partial charge in [0.15, 0.2) is 0 Å². The first-order valence-corrected chi connectivity index (χ1v) is 10.00. The first-order chi connectivity index (χ1) is 11.2. The lowest BCUT2D eigenvalue weighted by atomic mass is 9.92. The molecule has 4 nitrogen and oxygen atoms in total. The van der Waals surface area contributed by atoms with E-state index in [4.69, 9.17) is 0 Å². The van der Waals surface area contributed by atoms with Crippen molar-refractivity contribution in [1.82, 2.24) is 14.8 Å². The molecule has 5 heteroatoms. The number of piperidine rings is 1. The molecule has 128 valence electrons. The quantitative estimate of drug-likeness (QED) is 0.801. The Bertz CT molecular complexity index is 502. The summed E-state index contributed by atoms with van der Waals surface area (Å²) < 4.78 is 0. The predicted octanol–water partition coefficient (Wildman–Crippen LogP) is 3.11. The van der Waals surface area contributed by atoms with Gasteiger partial charge >= 0.3 is 0 Å². The Labute approximate surface area is 143 Å². The summed E-state index contributed by atoms with van der Waals surface area (Å²) in [5, 5.41) is 3.35. The molecule has 23 heavy (non-hydrogen) atoms. The highest BCUT2D eigenvalue weighted by Gasteiger charge is 2.22. The number of nitrogens with zero attached hydrogens (tertiary/aromatic N) is 3. The normalized spacial score (nSPS) is 20.3. The van der Waals surface area contributed by atoms with Crippen molar-refractivity contribution >= 4 is 17.2 Å². The summed E-state index contributed by atoms with van der Waals surface area (Å²) in [6.07, 6.45) is 7.83. The van der Waals surface area contributed by atoms with E-state index < -0.39 is 0 Å². The number of hydrogen-bond acceptors (Lipinski definition) is 4. The van der Waals surface area contributed by atoms with Gasteiger partial charge in [-0.05, 0) is 58.0 Å². The molecule has 0 aromatic carbocycles. The molecule has 1 aromatic heterocycles. The molecular weight excluding hydrogens is 306 g/mol. The molecule has 0 bridgehead atoms. The third-order valence-corrected chi connectivity index (χ3v) is 6.11. The van der Waals surface area contributed by atoms with Crippen LogP contribution in [0.3, 0.4) is 0 Å². The minimum absolute atomic E-state index is 0.392. The van der Waals surface area contributed by atoms with Crippen LogP contribution in [0.25, 0.3) is 0 Å². The van der Waals surface area contributed by atoms with Crippen LogP contribution in [0.4, 0.5) is 0 Å². The van der Waals surface area contributed by atoms with Crippen LogP contribution in [0.2, 0.25) is 0 Å². The van der Waals surface area contributed by atoms with Gasteiger partial charge in [-0.3, -0.25) is 4.79 Å². The van der Waals surface area contributed by atoms with E-state index in [2.05, 4.69) is 27.1 Å². The molecule has 0 aliphatic carbocycles. The second-order valence-electron chi connectivity index (χ2n) is 7.02. The average Bonchev–Trinajstić information content (AvgIpc) is 3.23. The van der Waals surface area contributed by atoms with Gasteiger partial charge in [0.05, 0.1) is 10.7 Å². The predicted molar refractivity (Wildman–Crippen MR) is 94.8 cm³/mol. The Morgan fingerprint density at radius 2 is 2.00 bits per heavy atom. The van der Waals surface area contributed by atoms with E-state index in [1.165, 1.54) is 49.5 Å². The third kappa shape index (κ3) is 5.01. The van der Waals surface area contributed by atoms with Gasteiger partial charge in [0.1, 0.15) is 0 Å². The second-order valence-corrected chi connectivity index (χ2v) is 8.08. The van der Waals surface area contributed by atoms with E-state index in [0.29, 0.717) is 5.91 Å². The summed E-state index contributed by atoms with van der Waals surface area (Å²) in [5.74, 6) is 1.14. The van der Waals surface area contributed by atoms with Crippen molar-refractivity contribution in [2.45, 2.75) is 51.9 Å². The number of thiazole rings is 1. The summed E-state index contributed by atoms with van der Waals surface area (Å²) in [5.41, 5.74) is 1.24. The molecule has 1 aromatic rings. The van der Waals surface area contributed by atoms with Crippen LogP contribution in [-0.2, 0) is 11.2 Å². The van der Waals surface area contributed by atoms with Crippen molar-refractivity contribution in [2.24, 2.45) is 5.92 Å². The van der Waals surface area contributed by atoms with Gasteiger partial charge in [0, 0.05) is 37.9 Å². The largest absolute Gasteiger partial charge is 0.343 e. The molecule has 3 heterocycles. The van der Waals surface area contributed by atoms with Crippen LogP contribution in [0.5, 0.6) is 0 Å². The van der Waals surface area contributed by atoms with Crippen LogP contribution in [0.15, 0.2) is 5.38 Å². The lowest BCUT2D eigenvalue weighted by molar-refractivity contribution is -0.130. The van der Waals surface area contributed by atoms with Crippen molar-refractivity contribution in [2.75, 3.05) is 32.7 Å². The second kappa shape index (κ2) is 8.25. The molecule has 0 N–H and O–H groups in total. The molecule has 0 unspecified atom stereocenters. The Kier molecular flexibility index (Phi) is 6.06. The Balaban J connectivity index is 1.31. The van der Waals surface area contributed by atoms with Crippen molar-refractivity contribution in [3.8, 4) is 0 Å². The number of carbonyl (C=O) groups excluding carboxylic acids is 1. The minimum atomic E-state index is 0.392. The zero-order valence-corrected chi connectivity index (χ0v) is 15.1. The number of likely N-dealkylation sites (tertiary alicyclic amines) is 2. The zero-order valence-electron chi connectivity index (χ0n) is 14.3. The van der Waals surface area contributed by atoms with Gasteiger partial charge < -0.3 is 9.80 Å². The molecule has 0 spiro atoms. The molecule has 2 aliphatic rings. The standard InChI is InChI=1S/C18H29N3OS/c1-15-19-17(14-23-15)8-13-20-11-6-16(7-12-20)4-5-18(22)21-9-2-3-10-21/h14,16H,2-13H2,1H3. The highest BCUT2D eigenvalue weighted by molar-refractivity contribution is 7.09. The fourth-order valence-electron chi connectivity index (χ4n) is 3.75. The Morgan fingerprint density at radius 1 is 1.26 bits per heavy atom. The number of carbonyl (C=O) groups is 1. The van der Waals surface area contributed by atoms with Crippen LogP contribution in [-0.4, -0.2) is 53.4 Å². The number of amides is 1. The molecule has 0 radical (unpaired) electrons. The third-order valence-electron chi connectivity index (χ3n) is 5.28. The van der Waals surface area contributed by atoms with E-state index in [1.807, 2.05) is 0 Å². The van der Waals surface area contributed by atoms with E-state index in [-0.39, 0.29) is 0 Å². The van der Waals surface area contributed by atoms with Crippen LogP contribution in [0, 0.1) is 12.8 Å². The summed E-state index contributed by atoms with van der Waals surface area (Å²) in [4.78, 5) is 21.3. The van der Waals surface area contributed by atoms with Gasteiger partial charge in [-0.25, -0.2) is 4.98 Å². The minimum Gasteiger partial charge on any atom is -0.343 e. The van der Waals surface area contributed by atoms with Gasteiger partial charge in [0.2, 0.25) is 5.91 Å². The van der Waals surface area contributed by atoms with Crippen molar-refractivity contribution in [3.05, 3.63) is 16.1 Å². The van der Waals surface area contributed by atoms with Gasteiger partial charge in [0.25, 0.3) is 0 Å². The molecule has 0 saturated carbocycles. The zero-order chi connectivity index (χ0) is 16.1. The molecule has 2 fully saturated rings. The number of aryl methyl sites for hydroxylation is 1. The molecular formula is C18H29N3OS. The highest BCUT2D eigenvalue weighted by Crippen LogP contribution is 2.23. The smallest absolute Gasteiger partial charge is 0.222 e. The van der Waals surface area contributed by atoms with Gasteiger partial charge in [-0.2, -0.15) is 0 Å². The lowest BCUT2D eigenvalue weighted by Crippen LogP contribution is -2.35. The van der Waals surface area contributed by atoms with E-state index in [0.717, 1.165) is 44.8 Å². The summed E-state index contributed by atoms with van der Waals surface area (Å²) in [7, 11) is 0. The molecule has 0 atom stereocenters. The van der Waals surface area contributed by atoms with Gasteiger partial charge in [-0.1, -0.05) is 0 Å². The maximum Gasteiger partial charge on any atom is 0.222 e. The fourth-order valence-corrected chi connectivity index (χ4v) is 4.39. The maximum absolute atomic E-state index is 12.1. The molecule has 3 rings (SSSR count). The van der Waals surface area contributed by atoms with E-state index in [9.17, 15) is 4.79 Å². The summed E-state index contributed by atoms with van der Waals surface area (Å²) in [6, 6.07) is 0. The SMILES string of the molecule is Cc1nc(CCN2CCC(CCC(=O)N3CCCC3)CC2)cs1. The fraction of sp³-hybridized carbons (Fsp3) is 0.778. The van der Waals surface area contributed by atoms with Crippen LogP contribution in [0.1, 0.15) is 49.2 Å². The van der Waals surface area contributed by atoms with Crippen LogP contribution >= 0.6 is 11.3 Å².